The Morgan fingerprint density at radius 2 is 1.62 bits per heavy atom. The number of benzene rings is 1. The van der Waals surface area contributed by atoms with E-state index >= 15 is 0 Å². The van der Waals surface area contributed by atoms with Crippen LogP contribution in [0.4, 0.5) is 0 Å². The van der Waals surface area contributed by atoms with Gasteiger partial charge in [0.15, 0.2) is 0 Å². The highest BCUT2D eigenvalue weighted by Crippen LogP contribution is 2.26. The quantitative estimate of drug-likeness (QED) is 0.674. The number of nitrogens with zero attached hydrogens (tertiary/aromatic N) is 2. The van der Waals surface area contributed by atoms with E-state index in [1.165, 1.54) is 22.4 Å². The van der Waals surface area contributed by atoms with Gasteiger partial charge in [-0.25, -0.2) is 4.98 Å². The maximum atomic E-state index is 9.06. The number of aromatic nitrogens is 2. The third-order valence-electron chi connectivity index (χ3n) is 3.80. The highest BCUT2D eigenvalue weighted by atomic mass is 16.1. The predicted octanol–water partition coefficient (Wildman–Crippen LogP) is 4.96. The molecule has 1 N–H and O–H groups in total. The number of aryl methyl sites for hydroxylation is 3. The molecule has 0 radical (unpaired) electrons. The number of imidazole rings is 1. The van der Waals surface area contributed by atoms with Crippen molar-refractivity contribution < 1.29 is 4.79 Å². The van der Waals surface area contributed by atoms with Gasteiger partial charge in [-0.3, -0.25) is 4.79 Å². The van der Waals surface area contributed by atoms with Crippen LogP contribution in [0.25, 0.3) is 16.9 Å². The van der Waals surface area contributed by atoms with Gasteiger partial charge in [-0.1, -0.05) is 63.1 Å². The second kappa shape index (κ2) is 11.1. The molecule has 4 nitrogen and oxygen atoms in total. The van der Waals surface area contributed by atoms with Gasteiger partial charge in [-0.2, -0.15) is 0 Å². The van der Waals surface area contributed by atoms with E-state index in [0.717, 1.165) is 24.2 Å². The van der Waals surface area contributed by atoms with Crippen LogP contribution in [-0.2, 0) is 11.2 Å². The van der Waals surface area contributed by atoms with Crippen molar-refractivity contribution >= 4 is 12.1 Å². The summed E-state index contributed by atoms with van der Waals surface area (Å²) in [6, 6.07) is 12.9. The Hall–Kier alpha value is -2.62. The molecular weight excluding hydrogens is 322 g/mol. The molecule has 0 aliphatic carbocycles. The van der Waals surface area contributed by atoms with Crippen LogP contribution in [0.1, 0.15) is 44.0 Å². The zero-order chi connectivity index (χ0) is 19.5. The fraction of sp³-hybridized carbons (Fsp3) is 0.364. The minimum atomic E-state index is 0.625. The number of carbonyl (C=O) groups is 1. The van der Waals surface area contributed by atoms with Gasteiger partial charge < -0.3 is 9.72 Å². The van der Waals surface area contributed by atoms with Crippen molar-refractivity contribution in [2.75, 3.05) is 7.05 Å². The van der Waals surface area contributed by atoms with Crippen LogP contribution < -0.4 is 5.32 Å². The zero-order valence-electron chi connectivity index (χ0n) is 16.8. The lowest BCUT2D eigenvalue weighted by Crippen LogP contribution is -1.98. The summed E-state index contributed by atoms with van der Waals surface area (Å²) in [4.78, 5) is 13.9. The SMILES string of the molecule is CC.CCCc1c(-c2ccc(C)cc2)nc2ccc(C)cn12.CNC=O. The number of hydrogen-bond acceptors (Lipinski definition) is 2. The zero-order valence-corrected chi connectivity index (χ0v) is 16.8. The van der Waals surface area contributed by atoms with Gasteiger partial charge in [0.05, 0.1) is 11.4 Å². The third kappa shape index (κ3) is 5.45. The summed E-state index contributed by atoms with van der Waals surface area (Å²) in [5.74, 6) is 0. The van der Waals surface area contributed by atoms with Gasteiger partial charge in [-0.05, 0) is 31.9 Å². The summed E-state index contributed by atoms with van der Waals surface area (Å²) in [6.45, 7) is 10.5. The Bertz CT molecular complexity index is 804. The number of carbonyl (C=O) groups excluding carboxylic acids is 1. The Morgan fingerprint density at radius 3 is 2.15 bits per heavy atom. The average molecular weight is 354 g/mol. The standard InChI is InChI=1S/C18H20N2.C2H5NO.C2H6/c1-4-5-16-18(15-9-6-13(2)7-10-15)19-17-11-8-14(3)12-20(16)17;1-3-2-4;1-2/h6-12H,4-5H2,1-3H3;2H,1H3,(H,3,4);1-2H3. The third-order valence-corrected chi connectivity index (χ3v) is 3.80. The second-order valence-corrected chi connectivity index (χ2v) is 5.86. The summed E-state index contributed by atoms with van der Waals surface area (Å²) in [5, 5.41) is 2.25. The van der Waals surface area contributed by atoms with E-state index in [1.54, 1.807) is 7.05 Å². The van der Waals surface area contributed by atoms with Crippen LogP contribution >= 0.6 is 0 Å². The Balaban J connectivity index is 0.000000500. The maximum Gasteiger partial charge on any atom is 0.206 e. The maximum absolute atomic E-state index is 9.06. The van der Waals surface area contributed by atoms with Gasteiger partial charge in [0.2, 0.25) is 6.41 Å². The predicted molar refractivity (Wildman–Crippen MR) is 111 cm³/mol. The molecule has 0 atom stereocenters. The average Bonchev–Trinajstić information content (AvgIpc) is 3.02. The molecular formula is C22H31N3O. The number of rotatable bonds is 4. The van der Waals surface area contributed by atoms with Crippen molar-refractivity contribution in [3.8, 4) is 11.3 Å². The van der Waals surface area contributed by atoms with Crippen molar-refractivity contribution in [1.82, 2.24) is 14.7 Å². The molecule has 0 aliphatic heterocycles. The smallest absolute Gasteiger partial charge is 0.206 e. The van der Waals surface area contributed by atoms with Crippen molar-refractivity contribution in [2.45, 2.75) is 47.5 Å². The first-order valence-electron chi connectivity index (χ1n) is 9.26. The van der Waals surface area contributed by atoms with Crippen LogP contribution in [0.15, 0.2) is 42.6 Å². The summed E-state index contributed by atoms with van der Waals surface area (Å²) in [6.07, 6.45) is 4.99. The van der Waals surface area contributed by atoms with Crippen LogP contribution in [-0.4, -0.2) is 22.8 Å². The lowest BCUT2D eigenvalue weighted by atomic mass is 10.1. The molecule has 3 rings (SSSR count). The summed E-state index contributed by atoms with van der Waals surface area (Å²) in [7, 11) is 1.56. The topological polar surface area (TPSA) is 46.4 Å². The van der Waals surface area contributed by atoms with E-state index in [9.17, 15) is 0 Å². The summed E-state index contributed by atoms with van der Waals surface area (Å²) in [5.41, 5.74) is 7.23. The van der Waals surface area contributed by atoms with Crippen LogP contribution in [0.3, 0.4) is 0 Å². The Labute approximate surface area is 157 Å². The van der Waals surface area contributed by atoms with Crippen molar-refractivity contribution in [3.05, 3.63) is 59.4 Å². The highest BCUT2D eigenvalue weighted by Gasteiger charge is 2.13. The van der Waals surface area contributed by atoms with Gasteiger partial charge in [0.25, 0.3) is 0 Å². The van der Waals surface area contributed by atoms with Crippen LogP contribution in [0.5, 0.6) is 0 Å². The molecule has 2 heterocycles. The number of fused-ring (bicyclic) bond motifs is 1. The molecule has 0 saturated heterocycles. The molecule has 3 aromatic rings. The summed E-state index contributed by atoms with van der Waals surface area (Å²) < 4.78 is 2.24. The van der Waals surface area contributed by atoms with Gasteiger partial charge in [0, 0.05) is 18.8 Å². The molecule has 1 amide bonds. The van der Waals surface area contributed by atoms with E-state index in [4.69, 9.17) is 9.78 Å². The first kappa shape index (κ1) is 21.4. The number of nitrogens with one attached hydrogen (secondary N) is 1. The molecule has 0 fully saturated rings. The summed E-state index contributed by atoms with van der Waals surface area (Å²) >= 11 is 0. The lowest BCUT2D eigenvalue weighted by Gasteiger charge is -2.05. The molecule has 140 valence electrons. The van der Waals surface area contributed by atoms with Crippen molar-refractivity contribution in [3.63, 3.8) is 0 Å². The van der Waals surface area contributed by atoms with E-state index in [0.29, 0.717) is 6.41 Å². The molecule has 1 aromatic carbocycles. The first-order chi connectivity index (χ1) is 12.6. The largest absolute Gasteiger partial charge is 0.362 e. The number of pyridine rings is 1. The Morgan fingerprint density at radius 1 is 1.04 bits per heavy atom. The molecule has 0 spiro atoms. The van der Waals surface area contributed by atoms with E-state index in [1.807, 2.05) is 13.8 Å². The fourth-order valence-corrected chi connectivity index (χ4v) is 2.62. The van der Waals surface area contributed by atoms with E-state index in [2.05, 4.69) is 73.1 Å². The normalized spacial score (nSPS) is 9.62. The monoisotopic (exact) mass is 353 g/mol. The Kier molecular flexibility index (Phi) is 9.13. The van der Waals surface area contributed by atoms with Gasteiger partial charge in [-0.15, -0.1) is 0 Å². The molecule has 0 unspecified atom stereocenters. The van der Waals surface area contributed by atoms with E-state index in [-0.39, 0.29) is 0 Å². The van der Waals surface area contributed by atoms with E-state index < -0.39 is 0 Å². The molecule has 0 bridgehead atoms. The van der Waals surface area contributed by atoms with Crippen molar-refractivity contribution in [2.24, 2.45) is 0 Å². The van der Waals surface area contributed by atoms with Gasteiger partial charge >= 0.3 is 0 Å². The molecule has 0 aliphatic rings. The molecule has 2 aromatic heterocycles. The molecule has 0 saturated carbocycles. The lowest BCUT2D eigenvalue weighted by molar-refractivity contribution is -0.109. The number of hydrogen-bond donors (Lipinski definition) is 1. The minimum absolute atomic E-state index is 0.625. The van der Waals surface area contributed by atoms with Crippen molar-refractivity contribution in [1.29, 1.82) is 0 Å². The highest BCUT2D eigenvalue weighted by molar-refractivity contribution is 5.67. The van der Waals surface area contributed by atoms with Crippen LogP contribution in [0, 0.1) is 13.8 Å². The molecule has 4 heteroatoms. The second-order valence-electron chi connectivity index (χ2n) is 5.86. The van der Waals surface area contributed by atoms with Crippen LogP contribution in [0.2, 0.25) is 0 Å². The fourth-order valence-electron chi connectivity index (χ4n) is 2.62. The molecule has 26 heavy (non-hydrogen) atoms. The number of amides is 1. The first-order valence-corrected chi connectivity index (χ1v) is 9.26. The minimum Gasteiger partial charge on any atom is -0.362 e. The van der Waals surface area contributed by atoms with Gasteiger partial charge in [0.1, 0.15) is 5.65 Å².